The Morgan fingerprint density at radius 3 is 2.79 bits per heavy atom. The molecule has 0 aliphatic heterocycles. The van der Waals surface area contributed by atoms with E-state index in [-0.39, 0.29) is 0 Å². The summed E-state index contributed by atoms with van der Waals surface area (Å²) in [5.41, 5.74) is 9.87. The van der Waals surface area contributed by atoms with Gasteiger partial charge in [0.05, 0.1) is 17.6 Å². The van der Waals surface area contributed by atoms with E-state index >= 15 is 0 Å². The lowest BCUT2D eigenvalue weighted by atomic mass is 10.1. The molecule has 19 heavy (non-hydrogen) atoms. The number of nitrogen functional groups attached to an aromatic ring is 1. The zero-order chi connectivity index (χ0) is 13.1. The third kappa shape index (κ3) is 2.59. The molecule has 0 atom stereocenters. The van der Waals surface area contributed by atoms with Crippen molar-refractivity contribution in [2.45, 2.75) is 6.54 Å². The number of hydrogen-bond donors (Lipinski definition) is 2. The second-order valence-electron chi connectivity index (χ2n) is 3.96. The summed E-state index contributed by atoms with van der Waals surface area (Å²) < 4.78 is 4.24. The fourth-order valence-electron chi connectivity index (χ4n) is 1.80. The molecule has 6 heteroatoms. The summed E-state index contributed by atoms with van der Waals surface area (Å²) in [5, 5.41) is 4.38. The van der Waals surface area contributed by atoms with E-state index in [0.29, 0.717) is 5.82 Å². The van der Waals surface area contributed by atoms with Crippen molar-refractivity contribution >= 4 is 33.7 Å². The largest absolute Gasteiger partial charge is 0.382 e. The number of nitrogens with zero attached hydrogens (tertiary/aromatic N) is 2. The predicted molar refractivity (Wildman–Crippen MR) is 81.4 cm³/mol. The van der Waals surface area contributed by atoms with Gasteiger partial charge < -0.3 is 11.1 Å². The summed E-state index contributed by atoms with van der Waals surface area (Å²) in [6, 6.07) is 10.1. The Kier molecular flexibility index (Phi) is 3.43. The molecule has 0 spiro atoms. The van der Waals surface area contributed by atoms with Gasteiger partial charge in [-0.05, 0) is 17.1 Å². The van der Waals surface area contributed by atoms with Gasteiger partial charge in [0.25, 0.3) is 0 Å². The van der Waals surface area contributed by atoms with Crippen LogP contribution in [0.2, 0.25) is 0 Å². The van der Waals surface area contributed by atoms with Crippen molar-refractivity contribution in [2.75, 3.05) is 11.1 Å². The van der Waals surface area contributed by atoms with Crippen molar-refractivity contribution < 1.29 is 0 Å². The van der Waals surface area contributed by atoms with Crippen molar-refractivity contribution in [3.05, 3.63) is 46.9 Å². The van der Waals surface area contributed by atoms with Gasteiger partial charge in [-0.15, -0.1) is 11.3 Å². The summed E-state index contributed by atoms with van der Waals surface area (Å²) in [6.45, 7) is 0.742. The SMILES string of the molecule is Nc1nsc(NCc2cncs2)c1-c1ccccc1. The van der Waals surface area contributed by atoms with E-state index in [4.69, 9.17) is 5.73 Å². The molecule has 0 saturated carbocycles. The molecule has 0 saturated heterocycles. The van der Waals surface area contributed by atoms with Gasteiger partial charge in [-0.2, -0.15) is 4.37 Å². The van der Waals surface area contributed by atoms with Crippen LogP contribution in [-0.4, -0.2) is 9.36 Å². The fraction of sp³-hybridized carbons (Fsp3) is 0.0769. The molecule has 0 unspecified atom stereocenters. The van der Waals surface area contributed by atoms with Crippen LogP contribution in [0.15, 0.2) is 42.0 Å². The van der Waals surface area contributed by atoms with Crippen molar-refractivity contribution in [3.63, 3.8) is 0 Å². The number of anilines is 2. The summed E-state index contributed by atoms with van der Waals surface area (Å²) in [6.07, 6.45) is 1.87. The molecule has 2 aromatic heterocycles. The Labute approximate surface area is 119 Å². The molecule has 0 fully saturated rings. The second-order valence-corrected chi connectivity index (χ2v) is 5.70. The lowest BCUT2D eigenvalue weighted by Gasteiger charge is -2.06. The lowest BCUT2D eigenvalue weighted by molar-refractivity contribution is 1.19. The molecule has 0 aliphatic carbocycles. The maximum absolute atomic E-state index is 5.97. The first-order chi connectivity index (χ1) is 9.34. The van der Waals surface area contributed by atoms with Gasteiger partial charge in [-0.1, -0.05) is 30.3 Å². The van der Waals surface area contributed by atoms with Crippen LogP contribution in [0.3, 0.4) is 0 Å². The third-order valence-corrected chi connectivity index (χ3v) is 4.29. The number of hydrogen-bond acceptors (Lipinski definition) is 6. The van der Waals surface area contributed by atoms with Gasteiger partial charge in [0.1, 0.15) is 10.8 Å². The molecule has 3 aromatic rings. The number of nitrogens with one attached hydrogen (secondary N) is 1. The summed E-state index contributed by atoms with van der Waals surface area (Å²) in [4.78, 5) is 5.25. The molecule has 3 N–H and O–H groups in total. The van der Waals surface area contributed by atoms with E-state index in [1.54, 1.807) is 11.3 Å². The topological polar surface area (TPSA) is 63.8 Å². The standard InChI is InChI=1S/C13H12N4S2/c14-12-11(9-4-2-1-3-5-9)13(19-17-12)16-7-10-6-15-8-18-10/h1-6,8,16H,7H2,(H2,14,17). The molecule has 2 heterocycles. The Morgan fingerprint density at radius 2 is 2.05 bits per heavy atom. The fourth-order valence-corrected chi connectivity index (χ4v) is 3.07. The molecule has 0 amide bonds. The number of rotatable bonds is 4. The van der Waals surface area contributed by atoms with Gasteiger partial charge in [-0.3, -0.25) is 4.98 Å². The number of thiazole rings is 1. The van der Waals surface area contributed by atoms with Crippen LogP contribution in [0.4, 0.5) is 10.8 Å². The van der Waals surface area contributed by atoms with E-state index < -0.39 is 0 Å². The van der Waals surface area contributed by atoms with Crippen molar-refractivity contribution in [2.24, 2.45) is 0 Å². The van der Waals surface area contributed by atoms with Crippen LogP contribution < -0.4 is 11.1 Å². The second kappa shape index (κ2) is 5.38. The van der Waals surface area contributed by atoms with Crippen LogP contribution in [0.5, 0.6) is 0 Å². The molecule has 1 aromatic carbocycles. The number of aromatic nitrogens is 2. The number of nitrogens with two attached hydrogens (primary N) is 1. The maximum atomic E-state index is 5.97. The normalized spacial score (nSPS) is 10.5. The van der Waals surface area contributed by atoms with Crippen molar-refractivity contribution in [3.8, 4) is 11.1 Å². The molecule has 96 valence electrons. The van der Waals surface area contributed by atoms with Gasteiger partial charge >= 0.3 is 0 Å². The highest BCUT2D eigenvalue weighted by Gasteiger charge is 2.13. The Bertz CT molecular complexity index is 647. The lowest BCUT2D eigenvalue weighted by Crippen LogP contribution is -1.97. The van der Waals surface area contributed by atoms with Gasteiger partial charge in [-0.25, -0.2) is 0 Å². The van der Waals surface area contributed by atoms with E-state index in [1.807, 2.05) is 42.0 Å². The Balaban J connectivity index is 1.87. The van der Waals surface area contributed by atoms with Crippen LogP contribution in [0.1, 0.15) is 4.88 Å². The highest BCUT2D eigenvalue weighted by molar-refractivity contribution is 7.11. The molecule has 3 rings (SSSR count). The van der Waals surface area contributed by atoms with Crippen LogP contribution in [-0.2, 0) is 6.54 Å². The van der Waals surface area contributed by atoms with Gasteiger partial charge in [0, 0.05) is 11.1 Å². The number of benzene rings is 1. The van der Waals surface area contributed by atoms with Crippen LogP contribution >= 0.6 is 22.9 Å². The molecule has 0 radical (unpaired) electrons. The average molecular weight is 288 g/mol. The van der Waals surface area contributed by atoms with E-state index in [1.165, 1.54) is 16.4 Å². The Morgan fingerprint density at radius 1 is 1.21 bits per heavy atom. The zero-order valence-corrected chi connectivity index (χ0v) is 11.7. The highest BCUT2D eigenvalue weighted by atomic mass is 32.1. The maximum Gasteiger partial charge on any atom is 0.147 e. The highest BCUT2D eigenvalue weighted by Crippen LogP contribution is 2.36. The van der Waals surface area contributed by atoms with E-state index in [0.717, 1.165) is 22.7 Å². The quantitative estimate of drug-likeness (QED) is 0.771. The van der Waals surface area contributed by atoms with Gasteiger partial charge in [0.2, 0.25) is 0 Å². The molecule has 4 nitrogen and oxygen atoms in total. The van der Waals surface area contributed by atoms with Crippen LogP contribution in [0.25, 0.3) is 11.1 Å². The minimum absolute atomic E-state index is 0.572. The smallest absolute Gasteiger partial charge is 0.147 e. The van der Waals surface area contributed by atoms with E-state index in [9.17, 15) is 0 Å². The first-order valence-corrected chi connectivity index (χ1v) is 7.41. The van der Waals surface area contributed by atoms with Crippen molar-refractivity contribution in [1.82, 2.24) is 9.36 Å². The summed E-state index contributed by atoms with van der Waals surface area (Å²) >= 11 is 3.02. The first-order valence-electron chi connectivity index (χ1n) is 5.76. The average Bonchev–Trinajstić information content (AvgIpc) is 3.07. The minimum atomic E-state index is 0.572. The molecular weight excluding hydrogens is 276 g/mol. The van der Waals surface area contributed by atoms with Gasteiger partial charge in [0.15, 0.2) is 0 Å². The predicted octanol–water partition coefficient (Wildman–Crippen LogP) is 3.46. The zero-order valence-electron chi connectivity index (χ0n) is 10.0. The third-order valence-electron chi connectivity index (χ3n) is 2.69. The monoisotopic (exact) mass is 288 g/mol. The minimum Gasteiger partial charge on any atom is -0.382 e. The van der Waals surface area contributed by atoms with Crippen LogP contribution in [0, 0.1) is 0 Å². The van der Waals surface area contributed by atoms with Crippen molar-refractivity contribution in [1.29, 1.82) is 0 Å². The summed E-state index contributed by atoms with van der Waals surface area (Å²) in [7, 11) is 0. The molecule has 0 aliphatic rings. The van der Waals surface area contributed by atoms with E-state index in [2.05, 4.69) is 14.7 Å². The first kappa shape index (κ1) is 12.1. The summed E-state index contributed by atoms with van der Waals surface area (Å²) in [5.74, 6) is 0.572. The molecule has 0 bridgehead atoms. The Hall–Kier alpha value is -1.92. The molecular formula is C13H12N4S2.